The van der Waals surface area contributed by atoms with E-state index in [4.69, 9.17) is 0 Å². The largest absolute Gasteiger partial charge is 0.534 e. The summed E-state index contributed by atoms with van der Waals surface area (Å²) in [4.78, 5) is 0. The SMILES string of the molecule is CC1(C)CCC(C)(C)c2cc(OS(=O)(=O)C(F)(F)F)c(I)cc21. The number of alkyl halides is 3. The van der Waals surface area contributed by atoms with Crippen molar-refractivity contribution < 1.29 is 25.8 Å². The highest BCUT2D eigenvalue weighted by molar-refractivity contribution is 14.1. The van der Waals surface area contributed by atoms with Crippen molar-refractivity contribution in [2.24, 2.45) is 0 Å². The molecule has 0 N–H and O–H groups in total. The summed E-state index contributed by atoms with van der Waals surface area (Å²) in [6, 6.07) is 3.18. The Morgan fingerprint density at radius 3 is 1.91 bits per heavy atom. The average molecular weight is 462 g/mol. The number of hydrogen-bond acceptors (Lipinski definition) is 3. The van der Waals surface area contributed by atoms with Crippen LogP contribution in [0.3, 0.4) is 0 Å². The molecule has 23 heavy (non-hydrogen) atoms. The summed E-state index contributed by atoms with van der Waals surface area (Å²) < 4.78 is 64.9. The van der Waals surface area contributed by atoms with Gasteiger partial charge in [-0.2, -0.15) is 21.6 Å². The van der Waals surface area contributed by atoms with Crippen LogP contribution in [0, 0.1) is 3.57 Å². The summed E-state index contributed by atoms with van der Waals surface area (Å²) in [6.45, 7) is 8.14. The smallest absolute Gasteiger partial charge is 0.375 e. The summed E-state index contributed by atoms with van der Waals surface area (Å²) in [7, 11) is -5.67. The van der Waals surface area contributed by atoms with E-state index in [1.807, 2.05) is 13.8 Å². The Hall–Kier alpha value is -0.510. The average Bonchev–Trinajstić information content (AvgIpc) is 2.35. The first-order valence-corrected chi connectivity index (χ1v) is 9.51. The molecule has 1 aromatic rings. The van der Waals surface area contributed by atoms with E-state index in [9.17, 15) is 21.6 Å². The molecule has 130 valence electrons. The van der Waals surface area contributed by atoms with E-state index in [2.05, 4.69) is 18.0 Å². The van der Waals surface area contributed by atoms with E-state index in [-0.39, 0.29) is 16.6 Å². The maximum absolute atomic E-state index is 12.5. The van der Waals surface area contributed by atoms with E-state index >= 15 is 0 Å². The molecule has 2 rings (SSSR count). The zero-order chi connectivity index (χ0) is 17.8. The summed E-state index contributed by atoms with van der Waals surface area (Å²) in [6.07, 6.45) is 1.81. The first kappa shape index (κ1) is 18.8. The van der Waals surface area contributed by atoms with Gasteiger partial charge in [-0.3, -0.25) is 0 Å². The van der Waals surface area contributed by atoms with Crippen LogP contribution in [-0.4, -0.2) is 13.9 Å². The van der Waals surface area contributed by atoms with Crippen LogP contribution < -0.4 is 4.18 Å². The molecule has 0 saturated carbocycles. The Morgan fingerprint density at radius 2 is 1.48 bits per heavy atom. The highest BCUT2D eigenvalue weighted by atomic mass is 127. The molecular formula is C15H18F3IO3S. The lowest BCUT2D eigenvalue weighted by molar-refractivity contribution is -0.0500. The van der Waals surface area contributed by atoms with Crippen LogP contribution in [0.15, 0.2) is 12.1 Å². The zero-order valence-electron chi connectivity index (χ0n) is 13.2. The molecule has 0 aliphatic heterocycles. The molecule has 0 fully saturated rings. The molecule has 0 amide bonds. The Kier molecular flexibility index (Phi) is 4.50. The summed E-state index contributed by atoms with van der Waals surface area (Å²) >= 11 is 1.81. The minimum Gasteiger partial charge on any atom is -0.375 e. The Balaban J connectivity index is 2.59. The van der Waals surface area contributed by atoms with Crippen molar-refractivity contribution in [1.29, 1.82) is 0 Å². The number of benzene rings is 1. The molecule has 1 aliphatic rings. The van der Waals surface area contributed by atoms with Crippen molar-refractivity contribution in [1.82, 2.24) is 0 Å². The fourth-order valence-corrected chi connectivity index (χ4v) is 3.99. The van der Waals surface area contributed by atoms with Crippen LogP contribution >= 0.6 is 22.6 Å². The molecule has 0 saturated heterocycles. The van der Waals surface area contributed by atoms with Crippen molar-refractivity contribution >= 4 is 32.7 Å². The van der Waals surface area contributed by atoms with Gasteiger partial charge in [-0.05, 0) is 69.5 Å². The van der Waals surface area contributed by atoms with Gasteiger partial charge in [0.15, 0.2) is 5.75 Å². The maximum Gasteiger partial charge on any atom is 0.534 e. The van der Waals surface area contributed by atoms with Gasteiger partial charge in [0.1, 0.15) is 0 Å². The van der Waals surface area contributed by atoms with Crippen molar-refractivity contribution in [3.63, 3.8) is 0 Å². The van der Waals surface area contributed by atoms with E-state index in [1.165, 1.54) is 6.07 Å². The predicted molar refractivity (Wildman–Crippen MR) is 90.0 cm³/mol. The van der Waals surface area contributed by atoms with Crippen LogP contribution in [0.5, 0.6) is 5.75 Å². The molecule has 8 heteroatoms. The normalized spacial score (nSPS) is 20.0. The number of fused-ring (bicyclic) bond motifs is 1. The van der Waals surface area contributed by atoms with Gasteiger partial charge >= 0.3 is 15.6 Å². The van der Waals surface area contributed by atoms with Gasteiger partial charge in [0, 0.05) is 0 Å². The molecule has 0 unspecified atom stereocenters. The van der Waals surface area contributed by atoms with Crippen LogP contribution in [0.1, 0.15) is 51.7 Å². The molecule has 1 aliphatic carbocycles. The van der Waals surface area contributed by atoms with Gasteiger partial charge in [0.05, 0.1) is 3.57 Å². The first-order valence-electron chi connectivity index (χ1n) is 7.03. The highest BCUT2D eigenvalue weighted by Gasteiger charge is 2.49. The number of rotatable bonds is 2. The molecule has 3 nitrogen and oxygen atoms in total. The minimum atomic E-state index is -5.67. The van der Waals surface area contributed by atoms with Gasteiger partial charge in [0.2, 0.25) is 0 Å². The molecule has 0 atom stereocenters. The third kappa shape index (κ3) is 3.47. The van der Waals surface area contributed by atoms with Gasteiger partial charge in [-0.15, -0.1) is 0 Å². The van der Waals surface area contributed by atoms with Crippen LogP contribution in [0.2, 0.25) is 0 Å². The highest BCUT2D eigenvalue weighted by Crippen LogP contribution is 2.48. The standard InChI is InChI=1S/C15H18F3IO3S/c1-13(2)5-6-14(3,4)10-8-12(11(19)7-9(10)13)22-23(20,21)15(16,17)18/h7-8H,5-6H2,1-4H3. The van der Waals surface area contributed by atoms with Crippen LogP contribution in [0.25, 0.3) is 0 Å². The minimum absolute atomic E-state index is 0.119. The third-order valence-electron chi connectivity index (χ3n) is 4.39. The molecule has 0 aromatic heterocycles. The second-order valence-electron chi connectivity index (χ2n) is 7.08. The quantitative estimate of drug-likeness (QED) is 0.358. The van der Waals surface area contributed by atoms with Crippen LogP contribution in [-0.2, 0) is 20.9 Å². The van der Waals surface area contributed by atoms with Crippen LogP contribution in [0.4, 0.5) is 13.2 Å². The first-order chi connectivity index (χ1) is 10.2. The molecular weight excluding hydrogens is 444 g/mol. The third-order valence-corrected chi connectivity index (χ3v) is 6.20. The fraction of sp³-hybridized carbons (Fsp3) is 0.600. The fourth-order valence-electron chi connectivity index (χ4n) is 2.80. The summed E-state index contributed by atoms with van der Waals surface area (Å²) in [5, 5.41) is 0. The van der Waals surface area contributed by atoms with Crippen molar-refractivity contribution in [3.8, 4) is 5.75 Å². The van der Waals surface area contributed by atoms with Crippen molar-refractivity contribution in [2.45, 2.75) is 56.9 Å². The monoisotopic (exact) mass is 462 g/mol. The van der Waals surface area contributed by atoms with E-state index in [0.717, 1.165) is 24.0 Å². The molecule has 1 aromatic carbocycles. The Labute approximate surface area is 147 Å². The van der Waals surface area contributed by atoms with Gasteiger partial charge in [-0.1, -0.05) is 27.7 Å². The Morgan fingerprint density at radius 1 is 1.04 bits per heavy atom. The zero-order valence-corrected chi connectivity index (χ0v) is 16.2. The molecule has 0 radical (unpaired) electrons. The second kappa shape index (κ2) is 5.50. The lowest BCUT2D eigenvalue weighted by Gasteiger charge is -2.42. The predicted octanol–water partition coefficient (Wildman–Crippen LogP) is 4.87. The van der Waals surface area contributed by atoms with Gasteiger partial charge < -0.3 is 4.18 Å². The summed E-state index contributed by atoms with van der Waals surface area (Å²) in [5.74, 6) is -0.271. The molecule has 0 heterocycles. The Bertz CT molecular complexity index is 737. The lowest BCUT2D eigenvalue weighted by Crippen LogP contribution is -2.34. The number of halogens is 4. The van der Waals surface area contributed by atoms with E-state index in [0.29, 0.717) is 3.57 Å². The van der Waals surface area contributed by atoms with E-state index in [1.54, 1.807) is 28.7 Å². The second-order valence-corrected chi connectivity index (χ2v) is 9.78. The molecule has 0 bridgehead atoms. The van der Waals surface area contributed by atoms with Gasteiger partial charge in [-0.25, -0.2) is 0 Å². The van der Waals surface area contributed by atoms with Crippen molar-refractivity contribution in [3.05, 3.63) is 26.8 Å². The van der Waals surface area contributed by atoms with E-state index < -0.39 is 15.6 Å². The van der Waals surface area contributed by atoms with Gasteiger partial charge in [0.25, 0.3) is 0 Å². The number of hydrogen-bond donors (Lipinski definition) is 0. The maximum atomic E-state index is 12.5. The summed E-state index contributed by atoms with van der Waals surface area (Å²) in [5.41, 5.74) is -3.96. The van der Waals surface area contributed by atoms with Crippen molar-refractivity contribution in [2.75, 3.05) is 0 Å². The lowest BCUT2D eigenvalue weighted by atomic mass is 9.63. The molecule has 0 spiro atoms. The topological polar surface area (TPSA) is 43.4 Å².